The Morgan fingerprint density at radius 2 is 1.72 bits per heavy atom. The zero-order valence-corrected chi connectivity index (χ0v) is 15.0. The highest BCUT2D eigenvalue weighted by Crippen LogP contribution is 2.31. The number of hydrogen-bond acceptors (Lipinski definition) is 6. The molecule has 25 heavy (non-hydrogen) atoms. The number of carbonyl (C=O) groups is 1. The van der Waals surface area contributed by atoms with Crippen LogP contribution in [0.4, 0.5) is 5.13 Å². The number of likely N-dealkylation sites (N-methyl/N-ethyl adjacent to an activating group) is 1. The summed E-state index contributed by atoms with van der Waals surface area (Å²) in [5.74, 6) is -0.184. The zero-order valence-electron chi connectivity index (χ0n) is 14.1. The van der Waals surface area contributed by atoms with Gasteiger partial charge in [0, 0.05) is 47.3 Å². The van der Waals surface area contributed by atoms with Gasteiger partial charge in [0.1, 0.15) is 0 Å². The quantitative estimate of drug-likeness (QED) is 0.738. The average Bonchev–Trinajstić information content (AvgIpc) is 3.04. The van der Waals surface area contributed by atoms with Crippen molar-refractivity contribution in [3.63, 3.8) is 0 Å². The van der Waals surface area contributed by atoms with Gasteiger partial charge in [-0.3, -0.25) is 20.1 Å². The Kier molecular flexibility index (Phi) is 5.47. The molecule has 0 bridgehead atoms. The molecule has 0 radical (unpaired) electrons. The lowest BCUT2D eigenvalue weighted by atomic mass is 10.1. The first-order valence-corrected chi connectivity index (χ1v) is 8.71. The monoisotopic (exact) mass is 353 g/mol. The van der Waals surface area contributed by atoms with E-state index in [1.54, 1.807) is 36.9 Å². The molecule has 128 valence electrons. The van der Waals surface area contributed by atoms with Gasteiger partial charge in [0.2, 0.25) is 0 Å². The van der Waals surface area contributed by atoms with Crippen molar-refractivity contribution in [2.45, 2.75) is 6.42 Å². The van der Waals surface area contributed by atoms with Crippen molar-refractivity contribution >= 4 is 22.4 Å². The minimum Gasteiger partial charge on any atom is -0.309 e. The topological polar surface area (TPSA) is 71.0 Å². The number of thiazole rings is 1. The van der Waals surface area contributed by atoms with Crippen LogP contribution in [0.2, 0.25) is 0 Å². The van der Waals surface area contributed by atoms with E-state index in [1.165, 1.54) is 11.3 Å². The summed E-state index contributed by atoms with van der Waals surface area (Å²) in [6.07, 6.45) is 7.57. The molecule has 6 nitrogen and oxygen atoms in total. The van der Waals surface area contributed by atoms with Crippen LogP contribution in [0.3, 0.4) is 0 Å². The molecular formula is C18H19N5OS. The van der Waals surface area contributed by atoms with Crippen LogP contribution in [0.5, 0.6) is 0 Å². The van der Waals surface area contributed by atoms with Crippen molar-refractivity contribution in [2.24, 2.45) is 0 Å². The molecule has 0 aliphatic rings. The average molecular weight is 353 g/mol. The van der Waals surface area contributed by atoms with Gasteiger partial charge in [-0.15, -0.1) is 11.3 Å². The van der Waals surface area contributed by atoms with E-state index in [2.05, 4.69) is 25.2 Å². The first-order valence-electron chi connectivity index (χ1n) is 7.89. The molecule has 0 saturated carbocycles. The molecule has 3 aromatic rings. The van der Waals surface area contributed by atoms with E-state index >= 15 is 0 Å². The number of aromatic nitrogens is 3. The van der Waals surface area contributed by atoms with Gasteiger partial charge in [-0.05, 0) is 44.8 Å². The normalized spacial score (nSPS) is 10.8. The highest BCUT2D eigenvalue weighted by Gasteiger charge is 2.15. The molecule has 0 fully saturated rings. The molecule has 0 aliphatic carbocycles. The minimum absolute atomic E-state index is 0.184. The molecule has 0 aromatic carbocycles. The number of pyridine rings is 2. The number of nitrogens with one attached hydrogen (secondary N) is 1. The number of carbonyl (C=O) groups excluding carboxylic acids is 1. The number of anilines is 1. The van der Waals surface area contributed by atoms with E-state index in [0.29, 0.717) is 10.7 Å². The molecule has 7 heteroatoms. The fourth-order valence-electron chi connectivity index (χ4n) is 2.31. The molecule has 0 spiro atoms. The maximum absolute atomic E-state index is 12.3. The summed E-state index contributed by atoms with van der Waals surface area (Å²) in [6.45, 7) is 0.915. The molecule has 3 heterocycles. The van der Waals surface area contributed by atoms with Crippen molar-refractivity contribution in [2.75, 3.05) is 26.0 Å². The van der Waals surface area contributed by atoms with Gasteiger partial charge in [0.15, 0.2) is 5.13 Å². The third kappa shape index (κ3) is 4.46. The van der Waals surface area contributed by atoms with Gasteiger partial charge < -0.3 is 4.90 Å². The lowest BCUT2D eigenvalue weighted by Gasteiger charge is -2.08. The Labute approximate surface area is 150 Å². The second-order valence-corrected chi connectivity index (χ2v) is 6.85. The van der Waals surface area contributed by atoms with Crippen LogP contribution in [0.25, 0.3) is 11.3 Å². The largest absolute Gasteiger partial charge is 0.309 e. The summed E-state index contributed by atoms with van der Waals surface area (Å²) in [5.41, 5.74) is 2.47. The van der Waals surface area contributed by atoms with Crippen molar-refractivity contribution in [3.8, 4) is 11.3 Å². The van der Waals surface area contributed by atoms with Crippen molar-refractivity contribution < 1.29 is 4.79 Å². The summed E-state index contributed by atoms with van der Waals surface area (Å²) in [5, 5.41) is 3.49. The Morgan fingerprint density at radius 3 is 2.36 bits per heavy atom. The Hall–Kier alpha value is -2.64. The van der Waals surface area contributed by atoms with E-state index in [9.17, 15) is 4.79 Å². The maximum Gasteiger partial charge on any atom is 0.257 e. The zero-order chi connectivity index (χ0) is 17.6. The highest BCUT2D eigenvalue weighted by atomic mass is 32.1. The van der Waals surface area contributed by atoms with Crippen LogP contribution in [0, 0.1) is 0 Å². The fraction of sp³-hybridized carbons (Fsp3) is 0.222. The number of nitrogens with zero attached hydrogens (tertiary/aromatic N) is 4. The van der Waals surface area contributed by atoms with E-state index < -0.39 is 0 Å². The second-order valence-electron chi connectivity index (χ2n) is 5.77. The summed E-state index contributed by atoms with van der Waals surface area (Å²) in [7, 11) is 4.08. The lowest BCUT2D eigenvalue weighted by Crippen LogP contribution is -2.14. The first-order chi connectivity index (χ1) is 12.1. The lowest BCUT2D eigenvalue weighted by molar-refractivity contribution is 0.102. The Balaban J connectivity index is 1.86. The van der Waals surface area contributed by atoms with Crippen LogP contribution in [0.15, 0.2) is 49.1 Å². The van der Waals surface area contributed by atoms with Crippen LogP contribution >= 0.6 is 11.3 Å². The van der Waals surface area contributed by atoms with Gasteiger partial charge >= 0.3 is 0 Å². The summed E-state index contributed by atoms with van der Waals surface area (Å²) < 4.78 is 0. The summed E-state index contributed by atoms with van der Waals surface area (Å²) >= 11 is 1.51. The number of amides is 1. The van der Waals surface area contributed by atoms with E-state index in [-0.39, 0.29) is 5.91 Å². The van der Waals surface area contributed by atoms with Gasteiger partial charge in [0.05, 0.1) is 5.69 Å². The SMILES string of the molecule is CN(C)CCc1sc(NC(=O)c2ccncc2)nc1-c1ccncc1. The van der Waals surface area contributed by atoms with Gasteiger partial charge in [-0.1, -0.05) is 0 Å². The van der Waals surface area contributed by atoms with Crippen LogP contribution in [-0.4, -0.2) is 46.4 Å². The Bertz CT molecular complexity index is 833. The summed E-state index contributed by atoms with van der Waals surface area (Å²) in [4.78, 5) is 28.3. The highest BCUT2D eigenvalue weighted by molar-refractivity contribution is 7.16. The predicted molar refractivity (Wildman–Crippen MR) is 99.8 cm³/mol. The second kappa shape index (κ2) is 7.96. The maximum atomic E-state index is 12.3. The number of hydrogen-bond donors (Lipinski definition) is 1. The van der Waals surface area contributed by atoms with Gasteiger partial charge in [0.25, 0.3) is 5.91 Å². The van der Waals surface area contributed by atoms with Crippen LogP contribution < -0.4 is 5.32 Å². The van der Waals surface area contributed by atoms with Crippen LogP contribution in [-0.2, 0) is 6.42 Å². The van der Waals surface area contributed by atoms with Crippen LogP contribution in [0.1, 0.15) is 15.2 Å². The standard InChI is InChI=1S/C18H19N5OS/c1-23(2)12-7-15-16(13-3-8-19-9-4-13)21-18(25-15)22-17(24)14-5-10-20-11-6-14/h3-6,8-11H,7,12H2,1-2H3,(H,21,22,24). The molecule has 0 aliphatic heterocycles. The van der Waals surface area contributed by atoms with Crippen molar-refractivity contribution in [3.05, 3.63) is 59.5 Å². The predicted octanol–water partition coefficient (Wildman–Crippen LogP) is 2.96. The molecule has 0 atom stereocenters. The molecule has 3 aromatic heterocycles. The van der Waals surface area contributed by atoms with E-state index in [4.69, 9.17) is 0 Å². The molecule has 1 N–H and O–H groups in total. The van der Waals surface area contributed by atoms with Gasteiger partial charge in [-0.25, -0.2) is 4.98 Å². The van der Waals surface area contributed by atoms with Gasteiger partial charge in [-0.2, -0.15) is 0 Å². The minimum atomic E-state index is -0.184. The third-order valence-electron chi connectivity index (χ3n) is 3.60. The van der Waals surface area contributed by atoms with E-state index in [0.717, 1.165) is 29.1 Å². The molecule has 3 rings (SSSR count). The number of rotatable bonds is 6. The van der Waals surface area contributed by atoms with Crippen molar-refractivity contribution in [1.82, 2.24) is 19.9 Å². The molecule has 0 saturated heterocycles. The first kappa shape index (κ1) is 17.2. The molecule has 0 unspecified atom stereocenters. The smallest absolute Gasteiger partial charge is 0.257 e. The van der Waals surface area contributed by atoms with Crippen molar-refractivity contribution in [1.29, 1.82) is 0 Å². The Morgan fingerprint density at radius 1 is 1.08 bits per heavy atom. The molecule has 1 amide bonds. The fourth-order valence-corrected chi connectivity index (χ4v) is 3.28. The molecular weight excluding hydrogens is 334 g/mol. The third-order valence-corrected chi connectivity index (χ3v) is 4.63. The summed E-state index contributed by atoms with van der Waals surface area (Å²) in [6, 6.07) is 7.23. The van der Waals surface area contributed by atoms with E-state index in [1.807, 2.05) is 26.2 Å².